The van der Waals surface area contributed by atoms with Gasteiger partial charge in [0.25, 0.3) is 11.6 Å². The Morgan fingerprint density at radius 3 is 2.54 bits per heavy atom. The predicted octanol–water partition coefficient (Wildman–Crippen LogP) is 2.42. The first-order valence-electron chi connectivity index (χ1n) is 8.64. The van der Waals surface area contributed by atoms with Crippen LogP contribution in [-0.4, -0.2) is 27.2 Å². The molecule has 1 amide bonds. The predicted molar refractivity (Wildman–Crippen MR) is 104 cm³/mol. The Morgan fingerprint density at radius 1 is 1.14 bits per heavy atom. The minimum atomic E-state index is -0.617. The number of hydrogen-bond acceptors (Lipinski definition) is 5. The number of benzene rings is 2. The topological polar surface area (TPSA) is 107 Å². The number of aromatic nitrogens is 2. The van der Waals surface area contributed by atoms with Gasteiger partial charge in [0.2, 0.25) is 5.43 Å². The van der Waals surface area contributed by atoms with E-state index in [0.717, 1.165) is 5.56 Å². The van der Waals surface area contributed by atoms with Crippen LogP contribution in [-0.2, 0) is 6.42 Å². The number of hydrogen-bond donors (Lipinski definition) is 1. The van der Waals surface area contributed by atoms with Gasteiger partial charge >= 0.3 is 0 Å². The van der Waals surface area contributed by atoms with E-state index in [4.69, 9.17) is 0 Å². The number of nitro groups is 1. The first-order chi connectivity index (χ1) is 13.5. The lowest BCUT2D eigenvalue weighted by Gasteiger charge is -2.11. The summed E-state index contributed by atoms with van der Waals surface area (Å²) in [6.07, 6.45) is 0.608. The molecule has 0 aliphatic rings. The highest BCUT2D eigenvalue weighted by atomic mass is 16.6. The monoisotopic (exact) mass is 378 g/mol. The third kappa shape index (κ3) is 4.12. The lowest BCUT2D eigenvalue weighted by atomic mass is 10.1. The fourth-order valence-corrected chi connectivity index (χ4v) is 2.79. The fraction of sp³-hybridized carbons (Fsp3) is 0.150. The number of amides is 1. The smallest absolute Gasteiger partial charge is 0.294 e. The quantitative estimate of drug-likeness (QED) is 0.524. The summed E-state index contributed by atoms with van der Waals surface area (Å²) in [6, 6.07) is 16.9. The van der Waals surface area contributed by atoms with E-state index in [0.29, 0.717) is 18.7 Å². The molecule has 0 bridgehead atoms. The van der Waals surface area contributed by atoms with Crippen molar-refractivity contribution in [2.45, 2.75) is 13.3 Å². The Bertz CT molecular complexity index is 1080. The Balaban J connectivity index is 1.87. The summed E-state index contributed by atoms with van der Waals surface area (Å²) in [6.45, 7) is 1.94. The number of rotatable bonds is 6. The highest BCUT2D eigenvalue weighted by molar-refractivity contribution is 5.92. The highest BCUT2D eigenvalue weighted by Crippen LogP contribution is 2.22. The molecule has 0 radical (unpaired) electrons. The van der Waals surface area contributed by atoms with E-state index in [1.807, 2.05) is 30.3 Å². The molecule has 2 aromatic carbocycles. The van der Waals surface area contributed by atoms with Crippen molar-refractivity contribution >= 4 is 11.6 Å². The maximum Gasteiger partial charge on any atom is 0.294 e. The third-order valence-corrected chi connectivity index (χ3v) is 4.17. The highest BCUT2D eigenvalue weighted by Gasteiger charge is 2.19. The average Bonchev–Trinajstić information content (AvgIpc) is 2.69. The lowest BCUT2D eigenvalue weighted by molar-refractivity contribution is -0.384. The molecule has 28 heavy (non-hydrogen) atoms. The molecular weight excluding hydrogens is 360 g/mol. The van der Waals surface area contributed by atoms with Gasteiger partial charge in [-0.2, -0.15) is 5.10 Å². The van der Waals surface area contributed by atoms with Crippen molar-refractivity contribution in [3.63, 3.8) is 0 Å². The van der Waals surface area contributed by atoms with Crippen LogP contribution in [0.3, 0.4) is 0 Å². The summed E-state index contributed by atoms with van der Waals surface area (Å²) in [5.41, 5.74) is 0.610. The summed E-state index contributed by atoms with van der Waals surface area (Å²) in [5.74, 6) is -0.617. The molecule has 8 heteroatoms. The van der Waals surface area contributed by atoms with Gasteiger partial charge in [0.05, 0.1) is 4.92 Å². The Morgan fingerprint density at radius 2 is 1.82 bits per heavy atom. The first-order valence-corrected chi connectivity index (χ1v) is 8.64. The van der Waals surface area contributed by atoms with Crippen LogP contribution < -0.4 is 10.7 Å². The van der Waals surface area contributed by atoms with Crippen molar-refractivity contribution in [2.75, 3.05) is 6.54 Å². The van der Waals surface area contributed by atoms with E-state index in [1.54, 1.807) is 13.0 Å². The van der Waals surface area contributed by atoms with Crippen LogP contribution in [0.15, 0.2) is 65.5 Å². The maximum atomic E-state index is 12.4. The molecule has 3 aromatic rings. The summed E-state index contributed by atoms with van der Waals surface area (Å²) in [7, 11) is 0. The normalized spacial score (nSPS) is 10.5. The second-order valence-corrected chi connectivity index (χ2v) is 6.15. The molecule has 1 N–H and O–H groups in total. The SMILES string of the molecule is Cc1cc(=O)c(C(=O)NCCc2ccccc2)nn1-c1ccccc1[N+](=O)[O-]. The van der Waals surface area contributed by atoms with Crippen molar-refractivity contribution in [1.29, 1.82) is 0 Å². The Hall–Kier alpha value is -3.81. The van der Waals surface area contributed by atoms with Gasteiger partial charge in [-0.15, -0.1) is 0 Å². The van der Waals surface area contributed by atoms with Gasteiger partial charge < -0.3 is 5.32 Å². The maximum absolute atomic E-state index is 12.4. The zero-order valence-electron chi connectivity index (χ0n) is 15.2. The molecule has 0 fully saturated rings. The van der Waals surface area contributed by atoms with Crippen molar-refractivity contribution < 1.29 is 9.72 Å². The van der Waals surface area contributed by atoms with Crippen LogP contribution in [0.2, 0.25) is 0 Å². The molecule has 0 spiro atoms. The molecule has 0 unspecified atom stereocenters. The van der Waals surface area contributed by atoms with Crippen LogP contribution in [0, 0.1) is 17.0 Å². The van der Waals surface area contributed by atoms with Crippen LogP contribution in [0.25, 0.3) is 5.69 Å². The van der Waals surface area contributed by atoms with Crippen LogP contribution >= 0.6 is 0 Å². The van der Waals surface area contributed by atoms with Gasteiger partial charge in [-0.3, -0.25) is 19.7 Å². The van der Waals surface area contributed by atoms with Crippen LogP contribution in [0.4, 0.5) is 5.69 Å². The number of carbonyl (C=O) groups excluding carboxylic acids is 1. The van der Waals surface area contributed by atoms with E-state index in [9.17, 15) is 19.7 Å². The average molecular weight is 378 g/mol. The molecule has 8 nitrogen and oxygen atoms in total. The van der Waals surface area contributed by atoms with Crippen molar-refractivity contribution in [3.05, 3.63) is 98.0 Å². The molecule has 0 aliphatic heterocycles. The standard InChI is InChI=1S/C20H18N4O4/c1-14-13-18(25)19(20(26)21-12-11-15-7-3-2-4-8-15)22-23(14)16-9-5-6-10-17(16)24(27)28/h2-10,13H,11-12H2,1H3,(H,21,26). The second-order valence-electron chi connectivity index (χ2n) is 6.15. The van der Waals surface area contributed by atoms with E-state index in [-0.39, 0.29) is 17.1 Å². The fourth-order valence-electron chi connectivity index (χ4n) is 2.79. The Kier molecular flexibility index (Phi) is 5.59. The van der Waals surface area contributed by atoms with E-state index < -0.39 is 16.3 Å². The van der Waals surface area contributed by atoms with Crippen LogP contribution in [0.1, 0.15) is 21.7 Å². The van der Waals surface area contributed by atoms with Gasteiger partial charge in [0.1, 0.15) is 5.69 Å². The lowest BCUT2D eigenvalue weighted by Crippen LogP contribution is -2.33. The largest absolute Gasteiger partial charge is 0.350 e. The number of carbonyl (C=O) groups is 1. The van der Waals surface area contributed by atoms with E-state index in [2.05, 4.69) is 10.4 Å². The van der Waals surface area contributed by atoms with Gasteiger partial charge in [-0.25, -0.2) is 4.68 Å². The van der Waals surface area contributed by atoms with Crippen molar-refractivity contribution in [3.8, 4) is 5.69 Å². The summed E-state index contributed by atoms with van der Waals surface area (Å²) >= 11 is 0. The summed E-state index contributed by atoms with van der Waals surface area (Å²) < 4.78 is 1.24. The number of para-hydroxylation sites is 2. The third-order valence-electron chi connectivity index (χ3n) is 4.17. The zero-order chi connectivity index (χ0) is 20.1. The molecule has 0 saturated carbocycles. The number of aryl methyl sites for hydroxylation is 1. The number of nitro benzene ring substituents is 1. The van der Waals surface area contributed by atoms with Gasteiger partial charge in [0.15, 0.2) is 5.69 Å². The van der Waals surface area contributed by atoms with E-state index >= 15 is 0 Å². The zero-order valence-corrected chi connectivity index (χ0v) is 15.2. The van der Waals surface area contributed by atoms with Gasteiger partial charge in [-0.05, 0) is 25.0 Å². The van der Waals surface area contributed by atoms with Crippen molar-refractivity contribution in [2.24, 2.45) is 0 Å². The molecule has 3 rings (SSSR count). The van der Waals surface area contributed by atoms with Crippen molar-refractivity contribution in [1.82, 2.24) is 15.1 Å². The first kappa shape index (κ1) is 19.0. The van der Waals surface area contributed by atoms with Gasteiger partial charge in [-0.1, -0.05) is 42.5 Å². The van der Waals surface area contributed by atoms with Crippen LogP contribution in [0.5, 0.6) is 0 Å². The second kappa shape index (κ2) is 8.26. The molecule has 0 saturated heterocycles. The minimum absolute atomic E-state index is 0.169. The number of nitrogens with one attached hydrogen (secondary N) is 1. The summed E-state index contributed by atoms with van der Waals surface area (Å²) in [4.78, 5) is 35.5. The van der Waals surface area contributed by atoms with E-state index in [1.165, 1.54) is 28.9 Å². The molecule has 0 aliphatic carbocycles. The molecule has 0 atom stereocenters. The molecule has 142 valence electrons. The minimum Gasteiger partial charge on any atom is -0.350 e. The van der Waals surface area contributed by atoms with Gasteiger partial charge in [0, 0.05) is 24.4 Å². The summed E-state index contributed by atoms with van der Waals surface area (Å²) in [5, 5.41) is 18.1. The Labute approximate surface area is 160 Å². The molecular formula is C20H18N4O4. The number of nitrogens with zero attached hydrogens (tertiary/aromatic N) is 3. The molecule has 1 heterocycles. The molecule has 1 aromatic heterocycles.